The Kier molecular flexibility index (Phi) is 9.23. The minimum Gasteiger partial charge on any atom is -0.477 e. The number of aromatic nitrogens is 5. The van der Waals surface area contributed by atoms with Gasteiger partial charge in [-0.1, -0.05) is 11.6 Å². The van der Waals surface area contributed by atoms with Gasteiger partial charge < -0.3 is 15.0 Å². The Morgan fingerprint density at radius 1 is 1.11 bits per heavy atom. The second kappa shape index (κ2) is 12.9. The summed E-state index contributed by atoms with van der Waals surface area (Å²) in [5, 5.41) is 16.1. The minimum atomic E-state index is -4.74. The van der Waals surface area contributed by atoms with Crippen LogP contribution < -0.4 is 10.9 Å². The van der Waals surface area contributed by atoms with Crippen LogP contribution in [-0.4, -0.2) is 84.0 Å². The molecule has 1 aliphatic heterocycles. The number of carboxylic acids is 1. The Labute approximate surface area is 259 Å². The van der Waals surface area contributed by atoms with E-state index in [0.29, 0.717) is 18.3 Å². The van der Waals surface area contributed by atoms with E-state index in [0.717, 1.165) is 55.3 Å². The van der Waals surface area contributed by atoms with Crippen molar-refractivity contribution in [2.24, 2.45) is 0 Å². The standard InChI is InChI=1S/C29H29ClF4N8O3/c1-17(2)40-10-7-39(8-11-40)9-12-41-16-18(13-20(26(41)43)27(44)45)21-15-35-28(36-19-3-4-23(31)22(30)14-19)37-25(21)42-6-5-24(38-42)29(32,33)34/h3-6,13-17H,7-12H2,1-2H3,(H,44,45)(H,35,36,37). The highest BCUT2D eigenvalue weighted by atomic mass is 35.5. The number of rotatable bonds is 9. The van der Waals surface area contributed by atoms with Crippen LogP contribution in [0.3, 0.4) is 0 Å². The van der Waals surface area contributed by atoms with Crippen LogP contribution in [0.2, 0.25) is 5.02 Å². The van der Waals surface area contributed by atoms with Crippen molar-refractivity contribution < 1.29 is 27.5 Å². The normalized spacial score (nSPS) is 14.7. The van der Waals surface area contributed by atoms with E-state index in [-0.39, 0.29) is 34.5 Å². The van der Waals surface area contributed by atoms with Gasteiger partial charge in [-0.2, -0.15) is 23.3 Å². The molecule has 238 valence electrons. The quantitative estimate of drug-likeness (QED) is 0.247. The number of nitrogens with zero attached hydrogens (tertiary/aromatic N) is 7. The maximum absolute atomic E-state index is 13.7. The zero-order valence-electron chi connectivity index (χ0n) is 24.2. The second-order valence-electron chi connectivity index (χ2n) is 10.7. The predicted octanol–water partition coefficient (Wildman–Crippen LogP) is 4.77. The van der Waals surface area contributed by atoms with Crippen LogP contribution in [0, 0.1) is 5.82 Å². The van der Waals surface area contributed by atoms with Crippen LogP contribution >= 0.6 is 11.6 Å². The summed E-state index contributed by atoms with van der Waals surface area (Å²) >= 11 is 5.86. The fourth-order valence-corrected chi connectivity index (χ4v) is 5.14. The number of alkyl halides is 3. The molecule has 4 aromatic rings. The lowest BCUT2D eigenvalue weighted by molar-refractivity contribution is -0.141. The maximum Gasteiger partial charge on any atom is 0.435 e. The van der Waals surface area contributed by atoms with Gasteiger partial charge in [-0.3, -0.25) is 14.6 Å². The first-order chi connectivity index (χ1) is 21.3. The lowest BCUT2D eigenvalue weighted by Crippen LogP contribution is -2.49. The van der Waals surface area contributed by atoms with E-state index < -0.39 is 34.8 Å². The number of carboxylic acid groups (broad SMARTS) is 1. The molecular formula is C29H29ClF4N8O3. The van der Waals surface area contributed by atoms with Crippen molar-refractivity contribution in [3.63, 3.8) is 0 Å². The van der Waals surface area contributed by atoms with Crippen LogP contribution in [0.4, 0.5) is 29.2 Å². The van der Waals surface area contributed by atoms with Crippen LogP contribution in [0.1, 0.15) is 29.9 Å². The molecule has 5 rings (SSSR count). The Balaban J connectivity index is 1.54. The summed E-state index contributed by atoms with van der Waals surface area (Å²) in [5.41, 5.74) is -1.85. The Bertz CT molecular complexity index is 1770. The van der Waals surface area contributed by atoms with E-state index in [9.17, 15) is 32.3 Å². The molecule has 0 saturated carbocycles. The largest absolute Gasteiger partial charge is 0.477 e. The summed E-state index contributed by atoms with van der Waals surface area (Å²) in [4.78, 5) is 38.3. The Morgan fingerprint density at radius 3 is 2.47 bits per heavy atom. The van der Waals surface area contributed by atoms with Gasteiger partial charge in [0.25, 0.3) is 5.56 Å². The third-order valence-corrected chi connectivity index (χ3v) is 7.75. The highest BCUT2D eigenvalue weighted by Gasteiger charge is 2.34. The van der Waals surface area contributed by atoms with E-state index in [2.05, 4.69) is 44.0 Å². The van der Waals surface area contributed by atoms with Gasteiger partial charge in [-0.05, 0) is 44.2 Å². The van der Waals surface area contributed by atoms with Crippen LogP contribution in [0.15, 0.2) is 53.7 Å². The average molecular weight is 649 g/mol. The monoisotopic (exact) mass is 648 g/mol. The summed E-state index contributed by atoms with van der Waals surface area (Å²) < 4.78 is 56.1. The molecule has 45 heavy (non-hydrogen) atoms. The molecule has 0 radical (unpaired) electrons. The van der Waals surface area contributed by atoms with Crippen LogP contribution in [-0.2, 0) is 12.7 Å². The summed E-state index contributed by atoms with van der Waals surface area (Å²) in [6.45, 7) is 8.20. The zero-order chi connectivity index (χ0) is 32.5. The molecule has 0 unspecified atom stereocenters. The van der Waals surface area contributed by atoms with Crippen molar-refractivity contribution in [3.8, 4) is 16.9 Å². The van der Waals surface area contributed by atoms with Gasteiger partial charge in [0.05, 0.1) is 5.02 Å². The smallest absolute Gasteiger partial charge is 0.435 e. The SMILES string of the molecule is CC(C)N1CCN(CCn2cc(-c3cnc(Nc4ccc(F)c(Cl)c4)nc3-n3ccc(C(F)(F)F)n3)cc(C(=O)O)c2=O)CC1. The van der Waals surface area contributed by atoms with E-state index in [1.807, 2.05) is 0 Å². The van der Waals surface area contributed by atoms with E-state index in [1.54, 1.807) is 0 Å². The zero-order valence-corrected chi connectivity index (χ0v) is 25.0. The molecule has 11 nitrogen and oxygen atoms in total. The first-order valence-corrected chi connectivity index (χ1v) is 14.3. The molecule has 1 aromatic carbocycles. The van der Waals surface area contributed by atoms with Crippen molar-refractivity contribution in [3.05, 3.63) is 81.4 Å². The number of anilines is 2. The molecule has 4 heterocycles. The topological polar surface area (TPSA) is 121 Å². The van der Waals surface area contributed by atoms with Gasteiger partial charge >= 0.3 is 12.1 Å². The molecule has 2 N–H and O–H groups in total. The number of carbonyl (C=O) groups is 1. The summed E-state index contributed by atoms with van der Waals surface area (Å²) in [7, 11) is 0. The lowest BCUT2D eigenvalue weighted by Gasteiger charge is -2.37. The van der Waals surface area contributed by atoms with Crippen molar-refractivity contribution >= 4 is 29.2 Å². The molecule has 0 atom stereocenters. The van der Waals surface area contributed by atoms with Crippen molar-refractivity contribution in [2.45, 2.75) is 32.6 Å². The summed E-state index contributed by atoms with van der Waals surface area (Å²) in [6, 6.07) is 6.07. The number of benzene rings is 1. The van der Waals surface area contributed by atoms with Crippen molar-refractivity contribution in [1.82, 2.24) is 34.1 Å². The fourth-order valence-electron chi connectivity index (χ4n) is 4.96. The summed E-state index contributed by atoms with van der Waals surface area (Å²) in [6.07, 6.45) is -0.985. The molecule has 3 aromatic heterocycles. The number of piperazine rings is 1. The molecule has 0 aliphatic carbocycles. The highest BCUT2D eigenvalue weighted by Crippen LogP contribution is 2.31. The number of nitrogens with one attached hydrogen (secondary N) is 1. The molecule has 0 bridgehead atoms. The maximum atomic E-state index is 13.7. The number of hydrogen-bond acceptors (Lipinski definition) is 8. The van der Waals surface area contributed by atoms with Crippen molar-refractivity contribution in [1.29, 1.82) is 0 Å². The van der Waals surface area contributed by atoms with Gasteiger partial charge in [-0.25, -0.2) is 18.9 Å². The third kappa shape index (κ3) is 7.32. The number of hydrogen-bond donors (Lipinski definition) is 2. The first-order valence-electron chi connectivity index (χ1n) is 14.0. The fraction of sp³-hybridized carbons (Fsp3) is 0.345. The first kappa shape index (κ1) is 32.1. The van der Waals surface area contributed by atoms with Crippen LogP contribution in [0.25, 0.3) is 16.9 Å². The number of halogens is 5. The van der Waals surface area contributed by atoms with Gasteiger partial charge in [0.1, 0.15) is 11.4 Å². The van der Waals surface area contributed by atoms with Gasteiger partial charge in [-0.15, -0.1) is 0 Å². The molecule has 0 amide bonds. The third-order valence-electron chi connectivity index (χ3n) is 7.46. The molecule has 0 spiro atoms. The van der Waals surface area contributed by atoms with Gasteiger partial charge in [0.2, 0.25) is 5.95 Å². The molecule has 1 fully saturated rings. The van der Waals surface area contributed by atoms with E-state index in [4.69, 9.17) is 11.6 Å². The molecular weight excluding hydrogens is 620 g/mol. The summed E-state index contributed by atoms with van der Waals surface area (Å²) in [5.74, 6) is -2.35. The minimum absolute atomic E-state index is 0.0900. The number of aromatic carboxylic acids is 1. The molecule has 1 aliphatic rings. The predicted molar refractivity (Wildman–Crippen MR) is 159 cm³/mol. The van der Waals surface area contributed by atoms with E-state index >= 15 is 0 Å². The Morgan fingerprint density at radius 2 is 1.84 bits per heavy atom. The Hall–Kier alpha value is -4.34. The second-order valence-corrected chi connectivity index (χ2v) is 11.2. The van der Waals surface area contributed by atoms with Gasteiger partial charge in [0.15, 0.2) is 11.5 Å². The van der Waals surface area contributed by atoms with E-state index in [1.165, 1.54) is 29.1 Å². The van der Waals surface area contributed by atoms with Crippen LogP contribution in [0.5, 0.6) is 0 Å². The highest BCUT2D eigenvalue weighted by molar-refractivity contribution is 6.31. The lowest BCUT2D eigenvalue weighted by atomic mass is 10.1. The van der Waals surface area contributed by atoms with Crippen molar-refractivity contribution in [2.75, 3.05) is 38.0 Å². The average Bonchev–Trinajstić information content (AvgIpc) is 3.50. The molecule has 16 heteroatoms. The van der Waals surface area contributed by atoms with Gasteiger partial charge in [0, 0.05) is 80.7 Å². The number of pyridine rings is 1. The molecule has 1 saturated heterocycles.